The highest BCUT2D eigenvalue weighted by atomic mass is 32.1. The number of H-pyrrole nitrogens is 1. The number of nitrogens with one attached hydrogen (secondary N) is 2. The van der Waals surface area contributed by atoms with E-state index < -0.39 is 17.8 Å². The van der Waals surface area contributed by atoms with Crippen molar-refractivity contribution in [3.8, 4) is 0 Å². The average Bonchev–Trinajstić information content (AvgIpc) is 3.19. The average molecular weight is 424 g/mol. The lowest BCUT2D eigenvalue weighted by Crippen LogP contribution is -2.36. The van der Waals surface area contributed by atoms with Gasteiger partial charge < -0.3 is 15.0 Å². The number of aryl methyl sites for hydroxylation is 1. The van der Waals surface area contributed by atoms with Crippen LogP contribution in [0.1, 0.15) is 26.6 Å². The minimum absolute atomic E-state index is 0.273. The van der Waals surface area contributed by atoms with E-state index in [4.69, 9.17) is 4.74 Å². The molecule has 6 nitrogen and oxygen atoms in total. The van der Waals surface area contributed by atoms with Gasteiger partial charge >= 0.3 is 6.18 Å². The molecule has 154 valence electrons. The molecule has 0 saturated carbocycles. The number of aromatic nitrogens is 2. The number of anilines is 1. The van der Waals surface area contributed by atoms with E-state index >= 15 is 0 Å². The molecule has 3 aromatic heterocycles. The van der Waals surface area contributed by atoms with Crippen LogP contribution >= 0.6 is 11.3 Å². The van der Waals surface area contributed by atoms with Crippen LogP contribution in [0.2, 0.25) is 0 Å². The lowest BCUT2D eigenvalue weighted by atomic mass is 10.2. The van der Waals surface area contributed by atoms with Crippen molar-refractivity contribution < 1.29 is 22.7 Å². The molecule has 29 heavy (non-hydrogen) atoms. The summed E-state index contributed by atoms with van der Waals surface area (Å²) < 4.78 is 46.0. The van der Waals surface area contributed by atoms with Crippen LogP contribution in [0.3, 0.4) is 0 Å². The van der Waals surface area contributed by atoms with Crippen molar-refractivity contribution in [3.05, 3.63) is 46.2 Å². The van der Waals surface area contributed by atoms with Crippen LogP contribution in [-0.4, -0.2) is 47.1 Å². The zero-order chi connectivity index (χ0) is 20.6. The lowest BCUT2D eigenvalue weighted by molar-refractivity contribution is -0.140. The number of halogens is 3. The highest BCUT2D eigenvalue weighted by Gasteiger charge is 2.36. The lowest BCUT2D eigenvalue weighted by Gasteiger charge is -2.26. The van der Waals surface area contributed by atoms with E-state index in [0.717, 1.165) is 39.9 Å². The molecule has 1 saturated heterocycles. The predicted octanol–water partition coefficient (Wildman–Crippen LogP) is 4.04. The van der Waals surface area contributed by atoms with Gasteiger partial charge in [0.15, 0.2) is 5.69 Å². The molecule has 0 bridgehead atoms. The molecular weight excluding hydrogens is 405 g/mol. The van der Waals surface area contributed by atoms with Gasteiger partial charge in [-0.2, -0.15) is 13.2 Å². The third kappa shape index (κ3) is 4.14. The van der Waals surface area contributed by atoms with Crippen LogP contribution < -0.4 is 5.32 Å². The number of carbonyl (C=O) groups excluding carboxylic acids is 1. The smallest absolute Gasteiger partial charge is 0.379 e. The Morgan fingerprint density at radius 3 is 2.86 bits per heavy atom. The van der Waals surface area contributed by atoms with Gasteiger partial charge in [-0.05, 0) is 25.1 Å². The number of thiophene rings is 1. The molecule has 3 aromatic rings. The van der Waals surface area contributed by atoms with E-state index in [-0.39, 0.29) is 11.4 Å². The number of pyridine rings is 1. The summed E-state index contributed by atoms with van der Waals surface area (Å²) in [5.41, 5.74) is 0.386. The van der Waals surface area contributed by atoms with E-state index in [1.807, 2.05) is 13.0 Å². The Kier molecular flexibility index (Phi) is 5.32. The SMILES string of the molecule is Cc1cc2[nH]c(C(=O)Nc3cccnc3C(F)(F)F)c(CN3CCOCC3)c2s1. The maximum Gasteiger partial charge on any atom is 0.435 e. The van der Waals surface area contributed by atoms with E-state index in [2.05, 4.69) is 20.2 Å². The Morgan fingerprint density at radius 2 is 2.14 bits per heavy atom. The molecule has 0 radical (unpaired) electrons. The van der Waals surface area contributed by atoms with Gasteiger partial charge in [0.2, 0.25) is 0 Å². The Hall–Kier alpha value is -2.43. The topological polar surface area (TPSA) is 70.2 Å². The van der Waals surface area contributed by atoms with Crippen molar-refractivity contribution in [1.82, 2.24) is 14.9 Å². The fraction of sp³-hybridized carbons (Fsp3) is 0.368. The van der Waals surface area contributed by atoms with Crippen molar-refractivity contribution in [2.45, 2.75) is 19.6 Å². The summed E-state index contributed by atoms with van der Waals surface area (Å²) in [6.07, 6.45) is -3.61. The van der Waals surface area contributed by atoms with Gasteiger partial charge in [0.25, 0.3) is 5.91 Å². The van der Waals surface area contributed by atoms with Gasteiger partial charge in [0, 0.05) is 36.3 Å². The molecular formula is C19H19F3N4O2S. The second kappa shape index (κ2) is 7.77. The number of carbonyl (C=O) groups is 1. The number of alkyl halides is 3. The number of fused-ring (bicyclic) bond motifs is 1. The Balaban J connectivity index is 1.67. The molecule has 10 heteroatoms. The third-order valence-electron chi connectivity index (χ3n) is 4.73. The summed E-state index contributed by atoms with van der Waals surface area (Å²) in [5.74, 6) is -0.618. The molecule has 4 rings (SSSR count). The van der Waals surface area contributed by atoms with E-state index in [0.29, 0.717) is 19.8 Å². The number of hydrogen-bond donors (Lipinski definition) is 2. The largest absolute Gasteiger partial charge is 0.435 e. The molecule has 2 N–H and O–H groups in total. The highest BCUT2D eigenvalue weighted by Crippen LogP contribution is 2.35. The van der Waals surface area contributed by atoms with Crippen LogP contribution in [0.4, 0.5) is 18.9 Å². The number of morpholine rings is 1. The second-order valence-corrected chi connectivity index (χ2v) is 8.07. The van der Waals surface area contributed by atoms with Gasteiger partial charge in [-0.25, -0.2) is 4.98 Å². The van der Waals surface area contributed by atoms with Crippen molar-refractivity contribution >= 4 is 33.1 Å². The van der Waals surface area contributed by atoms with E-state index in [9.17, 15) is 18.0 Å². The van der Waals surface area contributed by atoms with Gasteiger partial charge in [-0.15, -0.1) is 11.3 Å². The molecule has 0 aliphatic carbocycles. The number of ether oxygens (including phenoxy) is 1. The number of nitrogens with zero attached hydrogens (tertiary/aromatic N) is 2. The number of rotatable bonds is 4. The molecule has 1 amide bonds. The molecule has 1 aliphatic rings. The van der Waals surface area contributed by atoms with Crippen LogP contribution in [0.25, 0.3) is 10.2 Å². The molecule has 0 atom stereocenters. The summed E-state index contributed by atoms with van der Waals surface area (Å²) in [4.78, 5) is 22.7. The van der Waals surface area contributed by atoms with Crippen molar-refractivity contribution in [1.29, 1.82) is 0 Å². The second-order valence-electron chi connectivity index (χ2n) is 6.82. The van der Waals surface area contributed by atoms with Crippen molar-refractivity contribution in [2.24, 2.45) is 0 Å². The maximum absolute atomic E-state index is 13.2. The normalized spacial score (nSPS) is 15.7. The molecule has 0 aromatic carbocycles. The standard InChI is InChI=1S/C19H19F3N4O2S/c1-11-9-14-16(29-11)12(10-26-5-7-28-8-6-26)15(24-14)18(27)25-13-3-2-4-23-17(13)19(20,21)22/h2-4,9,24H,5-8,10H2,1H3,(H,25,27). The minimum atomic E-state index is -4.66. The number of aromatic amines is 1. The minimum Gasteiger partial charge on any atom is -0.379 e. The van der Waals surface area contributed by atoms with Gasteiger partial charge in [0.1, 0.15) is 5.69 Å². The van der Waals surface area contributed by atoms with Gasteiger partial charge in [0.05, 0.1) is 29.1 Å². The van der Waals surface area contributed by atoms with E-state index in [1.54, 1.807) is 11.3 Å². The summed E-state index contributed by atoms with van der Waals surface area (Å²) in [7, 11) is 0. The summed E-state index contributed by atoms with van der Waals surface area (Å²) in [6, 6.07) is 4.49. The third-order valence-corrected chi connectivity index (χ3v) is 5.84. The summed E-state index contributed by atoms with van der Waals surface area (Å²) >= 11 is 1.56. The first kappa shape index (κ1) is 19.9. The summed E-state index contributed by atoms with van der Waals surface area (Å²) in [6.45, 7) is 5.19. The molecule has 1 fully saturated rings. The van der Waals surface area contributed by atoms with Gasteiger partial charge in [-0.3, -0.25) is 9.69 Å². The quantitative estimate of drug-likeness (QED) is 0.663. The highest BCUT2D eigenvalue weighted by molar-refractivity contribution is 7.19. The van der Waals surface area contributed by atoms with Crippen LogP contribution in [0, 0.1) is 6.92 Å². The molecule has 4 heterocycles. The van der Waals surface area contributed by atoms with E-state index in [1.165, 1.54) is 12.1 Å². The van der Waals surface area contributed by atoms with Crippen LogP contribution in [0.5, 0.6) is 0 Å². The monoisotopic (exact) mass is 424 g/mol. The Labute approximate surface area is 168 Å². The molecule has 1 aliphatic heterocycles. The zero-order valence-electron chi connectivity index (χ0n) is 15.6. The summed E-state index contributed by atoms with van der Waals surface area (Å²) in [5, 5.41) is 2.39. The predicted molar refractivity (Wildman–Crippen MR) is 104 cm³/mol. The van der Waals surface area contributed by atoms with Gasteiger partial charge in [-0.1, -0.05) is 0 Å². The van der Waals surface area contributed by atoms with Crippen molar-refractivity contribution in [3.63, 3.8) is 0 Å². The fourth-order valence-corrected chi connectivity index (χ4v) is 4.41. The molecule has 0 unspecified atom stereocenters. The number of amides is 1. The van der Waals surface area contributed by atoms with Crippen LogP contribution in [0.15, 0.2) is 24.4 Å². The first-order valence-corrected chi connectivity index (χ1v) is 9.89. The first-order chi connectivity index (χ1) is 13.8. The Bertz CT molecular complexity index is 1040. The number of hydrogen-bond acceptors (Lipinski definition) is 5. The first-order valence-electron chi connectivity index (χ1n) is 9.07. The van der Waals surface area contributed by atoms with Crippen LogP contribution in [-0.2, 0) is 17.5 Å². The van der Waals surface area contributed by atoms with Crippen molar-refractivity contribution in [2.75, 3.05) is 31.6 Å². The fourth-order valence-electron chi connectivity index (χ4n) is 3.40. The maximum atomic E-state index is 13.2. The Morgan fingerprint density at radius 1 is 1.38 bits per heavy atom. The molecule has 0 spiro atoms. The zero-order valence-corrected chi connectivity index (χ0v) is 16.4.